The van der Waals surface area contributed by atoms with Crippen LogP contribution in [-0.4, -0.2) is 43.2 Å². The lowest BCUT2D eigenvalue weighted by molar-refractivity contribution is -0.888. The second-order valence-electron chi connectivity index (χ2n) is 9.65. The van der Waals surface area contributed by atoms with Crippen LogP contribution in [0.25, 0.3) is 0 Å². The van der Waals surface area contributed by atoms with Crippen LogP contribution in [-0.2, 0) is 0 Å². The molecule has 0 heterocycles. The van der Waals surface area contributed by atoms with Gasteiger partial charge in [-0.05, 0) is 25.0 Å². The number of quaternary nitrogens is 1. The number of hydrogen-bond acceptors (Lipinski definition) is 1. The molecule has 0 N–H and O–H groups in total. The van der Waals surface area contributed by atoms with Gasteiger partial charge in [0.05, 0.1) is 27.2 Å². The first-order valence-corrected chi connectivity index (χ1v) is 14.2. The molecule has 0 bridgehead atoms. The molecule has 0 spiro atoms. The van der Waals surface area contributed by atoms with E-state index in [-0.39, 0.29) is 0 Å². The second kappa shape index (κ2) is 22.0. The molecule has 0 fully saturated rings. The zero-order chi connectivity index (χ0) is 20.8. The van der Waals surface area contributed by atoms with Crippen LogP contribution >= 0.6 is 11.8 Å². The normalized spacial score (nSPS) is 12.0. The van der Waals surface area contributed by atoms with Gasteiger partial charge in [0.2, 0.25) is 0 Å². The molecule has 0 aromatic rings. The summed E-state index contributed by atoms with van der Waals surface area (Å²) in [5.74, 6) is 2.70. The Labute approximate surface area is 184 Å². The van der Waals surface area contributed by atoms with Crippen molar-refractivity contribution in [1.29, 1.82) is 0 Å². The molecule has 0 aliphatic carbocycles. The van der Waals surface area contributed by atoms with Crippen molar-refractivity contribution in [1.82, 2.24) is 0 Å². The van der Waals surface area contributed by atoms with E-state index in [1.54, 1.807) is 0 Å². The van der Waals surface area contributed by atoms with E-state index >= 15 is 0 Å². The lowest BCUT2D eigenvalue weighted by Gasteiger charge is -2.29. The van der Waals surface area contributed by atoms with Crippen LogP contribution < -0.4 is 0 Å². The zero-order valence-corrected chi connectivity index (χ0v) is 21.2. The summed E-state index contributed by atoms with van der Waals surface area (Å²) in [7, 11) is 4.84. The van der Waals surface area contributed by atoms with Gasteiger partial charge in [0.1, 0.15) is 0 Å². The Morgan fingerprint density at radius 1 is 0.429 bits per heavy atom. The Kier molecular flexibility index (Phi) is 22.2. The monoisotopic (exact) mass is 414 g/mol. The zero-order valence-electron chi connectivity index (χ0n) is 20.4. The third-order valence-electron chi connectivity index (χ3n) is 6.10. The van der Waals surface area contributed by atoms with Crippen LogP contribution in [0.2, 0.25) is 0 Å². The standard InChI is InChI=1S/C26H56NS/c1-5-7-9-10-11-12-13-14-15-16-17-18-19-20-21-22-23-27(3,4)24-26-28-25-8-6-2/h5-26H2,1-4H3/q+1. The van der Waals surface area contributed by atoms with E-state index in [9.17, 15) is 0 Å². The molecule has 0 aliphatic heterocycles. The Hall–Kier alpha value is 0.310. The minimum Gasteiger partial charge on any atom is -0.328 e. The summed E-state index contributed by atoms with van der Waals surface area (Å²) >= 11 is 2.15. The first kappa shape index (κ1) is 28.3. The molecule has 0 atom stereocenters. The SMILES string of the molecule is CCCCCCCCCCCCCCCCCC[N+](C)(C)CCSCCCC. The highest BCUT2D eigenvalue weighted by Gasteiger charge is 2.13. The highest BCUT2D eigenvalue weighted by molar-refractivity contribution is 7.99. The molecule has 28 heavy (non-hydrogen) atoms. The smallest absolute Gasteiger partial charge is 0.0874 e. The largest absolute Gasteiger partial charge is 0.328 e. The van der Waals surface area contributed by atoms with E-state index in [4.69, 9.17) is 0 Å². The van der Waals surface area contributed by atoms with Crippen molar-refractivity contribution in [2.24, 2.45) is 0 Å². The van der Waals surface area contributed by atoms with Gasteiger partial charge in [0, 0.05) is 5.75 Å². The van der Waals surface area contributed by atoms with Crippen molar-refractivity contribution < 1.29 is 4.48 Å². The summed E-state index contributed by atoms with van der Waals surface area (Å²) in [4.78, 5) is 0. The summed E-state index contributed by atoms with van der Waals surface area (Å²) in [6, 6.07) is 0. The fourth-order valence-electron chi connectivity index (χ4n) is 3.86. The van der Waals surface area contributed by atoms with Crippen LogP contribution in [0.4, 0.5) is 0 Å². The number of nitrogens with zero attached hydrogens (tertiary/aromatic N) is 1. The molecule has 0 aromatic heterocycles. The van der Waals surface area contributed by atoms with Crippen LogP contribution in [0.15, 0.2) is 0 Å². The maximum absolute atomic E-state index is 2.42. The van der Waals surface area contributed by atoms with Crippen LogP contribution in [0.1, 0.15) is 129 Å². The van der Waals surface area contributed by atoms with Crippen molar-refractivity contribution in [2.45, 2.75) is 129 Å². The number of unbranched alkanes of at least 4 members (excludes halogenated alkanes) is 16. The molecule has 1 nitrogen and oxygen atoms in total. The lowest BCUT2D eigenvalue weighted by atomic mass is 10.0. The summed E-state index contributed by atoms with van der Waals surface area (Å²) < 4.78 is 1.22. The summed E-state index contributed by atoms with van der Waals surface area (Å²) in [6.07, 6.45) is 26.1. The minimum absolute atomic E-state index is 1.22. The highest BCUT2D eigenvalue weighted by atomic mass is 32.2. The van der Waals surface area contributed by atoms with E-state index in [0.29, 0.717) is 0 Å². The maximum Gasteiger partial charge on any atom is 0.0874 e. The average Bonchev–Trinajstić information content (AvgIpc) is 2.67. The molecule has 0 aromatic carbocycles. The fourth-order valence-corrected chi connectivity index (χ4v) is 5.18. The number of rotatable bonds is 23. The molecular formula is C26H56NS+. The van der Waals surface area contributed by atoms with E-state index in [1.807, 2.05) is 0 Å². The summed E-state index contributed by atoms with van der Waals surface area (Å²) in [5.41, 5.74) is 0. The third-order valence-corrected chi connectivity index (χ3v) is 7.15. The maximum atomic E-state index is 2.42. The molecule has 2 heteroatoms. The first-order valence-electron chi connectivity index (χ1n) is 13.0. The first-order chi connectivity index (χ1) is 13.6. The molecule has 0 aliphatic rings. The predicted octanol–water partition coefficient (Wildman–Crippen LogP) is 8.86. The molecule has 0 rings (SSSR count). The van der Waals surface area contributed by atoms with Gasteiger partial charge < -0.3 is 4.48 Å². The van der Waals surface area contributed by atoms with Gasteiger partial charge >= 0.3 is 0 Å². The van der Waals surface area contributed by atoms with Crippen LogP contribution in [0.5, 0.6) is 0 Å². The van der Waals surface area contributed by atoms with Crippen LogP contribution in [0, 0.1) is 0 Å². The second-order valence-corrected chi connectivity index (χ2v) is 10.9. The lowest BCUT2D eigenvalue weighted by Crippen LogP contribution is -2.42. The highest BCUT2D eigenvalue weighted by Crippen LogP contribution is 2.14. The van der Waals surface area contributed by atoms with Crippen molar-refractivity contribution >= 4 is 11.8 Å². The predicted molar refractivity (Wildman–Crippen MR) is 134 cm³/mol. The number of thioether (sulfide) groups is 1. The van der Waals surface area contributed by atoms with Crippen LogP contribution in [0.3, 0.4) is 0 Å². The third kappa shape index (κ3) is 22.6. The number of hydrogen-bond donors (Lipinski definition) is 0. The molecule has 170 valence electrons. The topological polar surface area (TPSA) is 0 Å². The molecule has 0 saturated carbocycles. The van der Waals surface area contributed by atoms with Crippen molar-refractivity contribution in [3.05, 3.63) is 0 Å². The van der Waals surface area contributed by atoms with Gasteiger partial charge in [-0.25, -0.2) is 0 Å². The fraction of sp³-hybridized carbons (Fsp3) is 1.00. The average molecular weight is 415 g/mol. The van der Waals surface area contributed by atoms with E-state index < -0.39 is 0 Å². The Balaban J connectivity index is 3.22. The Morgan fingerprint density at radius 2 is 0.821 bits per heavy atom. The summed E-state index contributed by atoms with van der Waals surface area (Å²) in [6.45, 7) is 7.30. The van der Waals surface area contributed by atoms with Gasteiger partial charge in [-0.3, -0.25) is 0 Å². The van der Waals surface area contributed by atoms with Gasteiger partial charge in [-0.2, -0.15) is 11.8 Å². The van der Waals surface area contributed by atoms with E-state index in [1.165, 1.54) is 145 Å². The van der Waals surface area contributed by atoms with E-state index in [2.05, 4.69) is 39.7 Å². The molecular weight excluding hydrogens is 358 g/mol. The molecule has 0 amide bonds. The van der Waals surface area contributed by atoms with Gasteiger partial charge in [0.25, 0.3) is 0 Å². The quantitative estimate of drug-likeness (QED) is 0.119. The van der Waals surface area contributed by atoms with Gasteiger partial charge in [-0.15, -0.1) is 0 Å². The minimum atomic E-state index is 1.22. The Morgan fingerprint density at radius 3 is 1.25 bits per heavy atom. The Bertz CT molecular complexity index is 290. The van der Waals surface area contributed by atoms with Gasteiger partial charge in [0.15, 0.2) is 0 Å². The molecule has 0 unspecified atom stereocenters. The summed E-state index contributed by atoms with van der Waals surface area (Å²) in [5, 5.41) is 0. The van der Waals surface area contributed by atoms with E-state index in [0.717, 1.165) is 0 Å². The molecule has 0 radical (unpaired) electrons. The molecule has 0 saturated heterocycles. The van der Waals surface area contributed by atoms with Crippen molar-refractivity contribution in [3.8, 4) is 0 Å². The van der Waals surface area contributed by atoms with Gasteiger partial charge in [-0.1, -0.05) is 110 Å². The van der Waals surface area contributed by atoms with Crippen molar-refractivity contribution in [3.63, 3.8) is 0 Å². The van der Waals surface area contributed by atoms with Crippen molar-refractivity contribution in [2.75, 3.05) is 38.7 Å².